The van der Waals surface area contributed by atoms with Crippen molar-refractivity contribution in [3.63, 3.8) is 0 Å². The van der Waals surface area contributed by atoms with Crippen LogP contribution in [-0.4, -0.2) is 154 Å². The van der Waals surface area contributed by atoms with E-state index in [1.165, 1.54) is 35.4 Å². The summed E-state index contributed by atoms with van der Waals surface area (Å²) < 4.78 is 0. The first-order valence-electron chi connectivity index (χ1n) is 23.0. The Labute approximate surface area is 411 Å². The summed E-state index contributed by atoms with van der Waals surface area (Å²) in [6.45, 7) is 10.4. The number of nitrogens with two attached hydrogens (primary N) is 1. The molecule has 0 heterocycles. The molecular weight excluding hydrogens is 943 g/mol. The van der Waals surface area contributed by atoms with E-state index in [0.29, 0.717) is 43.0 Å². The maximum absolute atomic E-state index is 13.9. The molecule has 0 aliphatic heterocycles. The highest BCUT2D eigenvalue weighted by Gasteiger charge is 2.32. The molecule has 0 rings (SSSR count). The number of hydrogen-bond acceptors (Lipinski definition) is 16. The van der Waals surface area contributed by atoms with Crippen LogP contribution in [0.15, 0.2) is 12.3 Å². The average Bonchev–Trinajstić information content (AvgIpc) is 3.27. The fourth-order valence-corrected chi connectivity index (χ4v) is 8.66. The topological polar surface area (TPSA) is 371 Å². The molecule has 0 saturated heterocycles. The molecule has 0 aromatic carbocycles. The van der Waals surface area contributed by atoms with Gasteiger partial charge in [0.05, 0.1) is 18.1 Å². The fraction of sp³-hybridized carbons (Fsp3) is 0.705. The van der Waals surface area contributed by atoms with Gasteiger partial charge in [-0.15, -0.1) is 0 Å². The Balaban J connectivity index is 6.04. The average molecular weight is 1020 g/mol. The summed E-state index contributed by atoms with van der Waals surface area (Å²) in [7, 11) is 4.30. The van der Waals surface area contributed by atoms with Crippen molar-refractivity contribution in [3.05, 3.63) is 12.3 Å². The van der Waals surface area contributed by atoms with Gasteiger partial charge in [-0.2, -0.15) is 0 Å². The number of carboxylic acids is 3. The van der Waals surface area contributed by atoms with Crippen LogP contribution in [0.25, 0.3) is 0 Å². The van der Waals surface area contributed by atoms with E-state index in [2.05, 4.69) is 49.1 Å². The quantitative estimate of drug-likeness (QED) is 0.0288. The zero-order valence-corrected chi connectivity index (χ0v) is 42.0. The second kappa shape index (κ2) is 36.7. The van der Waals surface area contributed by atoms with Crippen LogP contribution in [0.4, 0.5) is 0 Å². The molecule has 25 heteroatoms. The monoisotopic (exact) mass is 1020 g/mol. The van der Waals surface area contributed by atoms with Crippen LogP contribution in [0.1, 0.15) is 124 Å². The third-order valence-electron chi connectivity index (χ3n) is 10.4. The van der Waals surface area contributed by atoms with Gasteiger partial charge in [0, 0.05) is 56.0 Å². The van der Waals surface area contributed by atoms with Crippen LogP contribution in [0.3, 0.4) is 0 Å². The molecule has 0 aromatic heterocycles. The third-order valence-corrected chi connectivity index (χ3v) is 12.8. The lowest BCUT2D eigenvalue weighted by molar-refractivity contribution is -0.140. The van der Waals surface area contributed by atoms with E-state index >= 15 is 0 Å². The molecule has 0 radical (unpaired) electrons. The minimum Gasteiger partial charge on any atom is -0.481 e. The van der Waals surface area contributed by atoms with Crippen molar-refractivity contribution >= 4 is 86.5 Å². The summed E-state index contributed by atoms with van der Waals surface area (Å²) in [6, 6.07) is -7.88. The third kappa shape index (κ3) is 30.8. The van der Waals surface area contributed by atoms with Gasteiger partial charge in [0.1, 0.15) is 30.0 Å². The van der Waals surface area contributed by atoms with Crippen LogP contribution in [-0.2, 0) is 52.7 Å². The first-order valence-corrected chi connectivity index (χ1v) is 25.5. The van der Waals surface area contributed by atoms with Crippen molar-refractivity contribution in [2.45, 2.75) is 166 Å². The van der Waals surface area contributed by atoms with Gasteiger partial charge in [-0.1, -0.05) is 47.9 Å². The summed E-state index contributed by atoms with van der Waals surface area (Å²) in [6.07, 6.45) is 0.394. The number of ketones is 2. The molecule has 0 spiro atoms. The van der Waals surface area contributed by atoms with E-state index in [-0.39, 0.29) is 56.6 Å². The van der Waals surface area contributed by atoms with E-state index in [9.17, 15) is 68.1 Å². The Morgan fingerprint density at radius 3 is 1.39 bits per heavy atom. The number of carboxylic acid groups (broad SMARTS) is 3. The van der Waals surface area contributed by atoms with Gasteiger partial charge in [-0.05, 0) is 85.6 Å². The SMILES string of the molecule is C=C(C)NCCC[C@H](NC(=O)[C@H](CCC(=O)O)NC(=O)[C@H](CCC(=O)O)NC(=O)CCCCC)C(=O)N[C@@H](CCC(=O)O)C(=O)NCCCC[C@H](NC(=O)[C@H](CSSC[C@H](N)C(C)=O)NC)C(C)=O. The summed E-state index contributed by atoms with van der Waals surface area (Å²) in [4.78, 5) is 139. The number of unbranched alkanes of at least 4 members (excludes halogenated alkanes) is 3. The summed E-state index contributed by atoms with van der Waals surface area (Å²) in [5.41, 5.74) is 6.36. The standard InChI is InChI=1S/C44H75N9O14S2/c1-7-8-9-15-36(56)49-33(17-20-38(59)60)42(65)53-34(18-21-39(61)62)43(66)51-31(14-12-23-47-26(2)3)41(64)52-32(16-19-37(57)58)40(63)48-22-11-10-13-30(28(5)55)50-44(67)35(46-6)25-69-68-24-29(45)27(4)54/h29-35,46-47H,2,7-25,45H2,1,3-6H3,(H,48,63)(H,49,56)(H,50,67)(H,51,66)(H,52,64)(H,53,65)(H,57,58)(H,59,60)(H,61,62)/t29-,30-,31-,32-,33-,34-,35-/m0/s1. The number of allylic oxidation sites excluding steroid dienone is 1. The van der Waals surface area contributed by atoms with Crippen molar-refractivity contribution in [2.24, 2.45) is 5.73 Å². The van der Waals surface area contributed by atoms with Gasteiger partial charge in [0.15, 0.2) is 5.78 Å². The molecule has 0 aliphatic carbocycles. The molecule has 0 unspecified atom stereocenters. The van der Waals surface area contributed by atoms with E-state index in [4.69, 9.17) is 5.73 Å². The van der Waals surface area contributed by atoms with E-state index < -0.39 is 121 Å². The van der Waals surface area contributed by atoms with Crippen LogP contribution in [0, 0.1) is 0 Å². The Bertz CT molecular complexity index is 1740. The second-order valence-electron chi connectivity index (χ2n) is 16.5. The number of rotatable bonds is 41. The lowest BCUT2D eigenvalue weighted by Gasteiger charge is -2.26. The van der Waals surface area contributed by atoms with Crippen molar-refractivity contribution in [2.75, 3.05) is 31.6 Å². The van der Waals surface area contributed by atoms with E-state index in [1.54, 1.807) is 14.0 Å². The predicted molar refractivity (Wildman–Crippen MR) is 260 cm³/mol. The van der Waals surface area contributed by atoms with Crippen LogP contribution < -0.4 is 48.3 Å². The molecule has 6 amide bonds. The molecular formula is C44H75N9O14S2. The first-order chi connectivity index (χ1) is 32.5. The molecule has 0 saturated carbocycles. The second-order valence-corrected chi connectivity index (χ2v) is 19.0. The number of amides is 6. The molecule has 0 aliphatic rings. The lowest BCUT2D eigenvalue weighted by Crippen LogP contribution is -2.58. The normalized spacial score (nSPS) is 13.9. The summed E-state index contributed by atoms with van der Waals surface area (Å²) in [5, 5.41) is 49.3. The smallest absolute Gasteiger partial charge is 0.303 e. The highest BCUT2D eigenvalue weighted by atomic mass is 33.1. The Morgan fingerprint density at radius 1 is 0.493 bits per heavy atom. The number of aliphatic carboxylic acids is 3. The molecule has 0 bridgehead atoms. The molecule has 0 aromatic rings. The van der Waals surface area contributed by atoms with Crippen molar-refractivity contribution in [1.82, 2.24) is 42.5 Å². The molecule has 23 nitrogen and oxygen atoms in total. The van der Waals surface area contributed by atoms with Crippen molar-refractivity contribution in [3.8, 4) is 0 Å². The maximum Gasteiger partial charge on any atom is 0.303 e. The zero-order chi connectivity index (χ0) is 52.5. The molecule has 0 fully saturated rings. The molecule has 392 valence electrons. The Hall–Kier alpha value is -5.27. The Kier molecular flexibility index (Phi) is 33.9. The number of nitrogens with one attached hydrogen (secondary N) is 8. The number of carbonyl (C=O) groups is 11. The maximum atomic E-state index is 13.9. The number of likely N-dealkylation sites (N-methyl/N-ethyl adjacent to an activating group) is 1. The van der Waals surface area contributed by atoms with Crippen LogP contribution in [0.5, 0.6) is 0 Å². The lowest BCUT2D eigenvalue weighted by atomic mass is 10.0. The highest BCUT2D eigenvalue weighted by molar-refractivity contribution is 8.76. The van der Waals surface area contributed by atoms with Gasteiger partial charge in [0.2, 0.25) is 35.4 Å². The number of Topliss-reactive ketones (excluding diaryl/α,β-unsaturated/α-hetero) is 2. The first kappa shape index (κ1) is 63.7. The zero-order valence-electron chi connectivity index (χ0n) is 40.4. The van der Waals surface area contributed by atoms with Gasteiger partial charge < -0.3 is 63.6 Å². The molecule has 13 N–H and O–H groups in total. The summed E-state index contributed by atoms with van der Waals surface area (Å²) in [5.74, 6) is -8.11. The largest absolute Gasteiger partial charge is 0.481 e. The Morgan fingerprint density at radius 2 is 0.928 bits per heavy atom. The minimum absolute atomic E-state index is 0.0383. The van der Waals surface area contributed by atoms with Crippen molar-refractivity contribution < 1.29 is 68.1 Å². The fourth-order valence-electron chi connectivity index (χ4n) is 6.21. The minimum atomic E-state index is -1.58. The number of hydrogen-bond donors (Lipinski definition) is 12. The van der Waals surface area contributed by atoms with Gasteiger partial charge >= 0.3 is 17.9 Å². The summed E-state index contributed by atoms with van der Waals surface area (Å²) >= 11 is 0. The van der Waals surface area contributed by atoms with Crippen molar-refractivity contribution in [1.29, 1.82) is 0 Å². The predicted octanol–water partition coefficient (Wildman–Crippen LogP) is 0.250. The van der Waals surface area contributed by atoms with Gasteiger partial charge in [0.25, 0.3) is 0 Å². The number of carbonyl (C=O) groups excluding carboxylic acids is 8. The van der Waals surface area contributed by atoms with Gasteiger partial charge in [-0.25, -0.2) is 0 Å². The van der Waals surface area contributed by atoms with Crippen LogP contribution in [0.2, 0.25) is 0 Å². The van der Waals surface area contributed by atoms with Crippen LogP contribution >= 0.6 is 21.6 Å². The van der Waals surface area contributed by atoms with E-state index in [1.807, 2.05) is 6.92 Å². The highest BCUT2D eigenvalue weighted by Crippen LogP contribution is 2.23. The molecule has 69 heavy (non-hydrogen) atoms. The van der Waals surface area contributed by atoms with E-state index in [0.717, 1.165) is 12.8 Å². The molecule has 7 atom stereocenters. The van der Waals surface area contributed by atoms with Gasteiger partial charge in [-0.3, -0.25) is 52.7 Å².